The first-order chi connectivity index (χ1) is 19.6. The van der Waals surface area contributed by atoms with Gasteiger partial charge in [0.1, 0.15) is 0 Å². The summed E-state index contributed by atoms with van der Waals surface area (Å²) in [5.41, 5.74) is 5.46. The van der Waals surface area contributed by atoms with Crippen LogP contribution in [-0.2, 0) is 16.0 Å². The molecule has 4 aliphatic rings. The Labute approximate surface area is 248 Å². The zero-order valence-electron chi connectivity index (χ0n) is 25.9. The number of carbonyl (C=O) groups is 1. The van der Waals surface area contributed by atoms with Gasteiger partial charge >= 0.3 is 6.11 Å². The highest BCUT2D eigenvalue weighted by atomic mass is 19.3. The molecule has 0 bridgehead atoms. The third kappa shape index (κ3) is 8.52. The molecular weight excluding hydrogens is 514 g/mol. The van der Waals surface area contributed by atoms with Crippen molar-refractivity contribution in [3.05, 3.63) is 46.5 Å². The predicted octanol–water partition coefficient (Wildman–Crippen LogP) is 10.3. The number of carbonyl (C=O) groups excluding carboxylic acids is 1. The summed E-state index contributed by atoms with van der Waals surface area (Å²) in [7, 11) is 0. The molecule has 0 N–H and O–H groups in total. The van der Waals surface area contributed by atoms with Gasteiger partial charge in [-0.25, -0.2) is 0 Å². The van der Waals surface area contributed by atoms with Crippen LogP contribution in [0, 0.1) is 56.3 Å². The Morgan fingerprint density at radius 1 is 0.732 bits per heavy atom. The van der Waals surface area contributed by atoms with Crippen LogP contribution in [0.15, 0.2) is 24.3 Å². The number of aryl methyl sites for hydroxylation is 2. The molecule has 0 aliphatic heterocycles. The van der Waals surface area contributed by atoms with E-state index in [9.17, 15) is 4.79 Å². The number of alkyl halides is 2. The maximum Gasteiger partial charge on any atom is 0.358 e. The maximum atomic E-state index is 15.3. The smallest absolute Gasteiger partial charge is 0.317 e. The summed E-state index contributed by atoms with van der Waals surface area (Å²) in [4.78, 5) is 11.4. The zero-order chi connectivity index (χ0) is 29.0. The molecule has 0 spiro atoms. The van der Waals surface area contributed by atoms with E-state index >= 15 is 8.78 Å². The Bertz CT molecular complexity index is 1010. The molecule has 228 valence electrons. The second-order valence-electron chi connectivity index (χ2n) is 14.6. The summed E-state index contributed by atoms with van der Waals surface area (Å²) in [5, 5.41) is 0. The second kappa shape index (κ2) is 13.8. The maximum absolute atomic E-state index is 15.3. The van der Waals surface area contributed by atoms with E-state index in [-0.39, 0.29) is 11.9 Å². The van der Waals surface area contributed by atoms with Crippen molar-refractivity contribution >= 4 is 5.78 Å². The van der Waals surface area contributed by atoms with E-state index in [0.29, 0.717) is 30.6 Å². The summed E-state index contributed by atoms with van der Waals surface area (Å²) in [6.07, 6.45) is 17.7. The van der Waals surface area contributed by atoms with Crippen molar-refractivity contribution in [1.29, 1.82) is 0 Å². The fourth-order valence-electron chi connectivity index (χ4n) is 8.63. The molecule has 5 rings (SSSR count). The van der Waals surface area contributed by atoms with E-state index in [0.717, 1.165) is 69.6 Å². The number of benzene rings is 1. The topological polar surface area (TPSA) is 26.3 Å². The third-order valence-electron chi connectivity index (χ3n) is 11.5. The molecular formula is C37H54F2O2. The number of allylic oxidation sites excluding steroid dienone is 2. The molecule has 1 aromatic rings. The van der Waals surface area contributed by atoms with Gasteiger partial charge in [-0.3, -0.25) is 4.79 Å². The predicted molar refractivity (Wildman–Crippen MR) is 163 cm³/mol. The first kappa shape index (κ1) is 30.9. The lowest BCUT2D eigenvalue weighted by molar-refractivity contribution is -0.302. The van der Waals surface area contributed by atoms with Crippen LogP contribution in [0.5, 0.6) is 0 Å². The molecule has 0 aromatic heterocycles. The Morgan fingerprint density at radius 2 is 1.27 bits per heavy atom. The Kier molecular flexibility index (Phi) is 10.4. The van der Waals surface area contributed by atoms with E-state index < -0.39 is 12.0 Å². The monoisotopic (exact) mass is 568 g/mol. The summed E-state index contributed by atoms with van der Waals surface area (Å²) in [5.74, 6) is 3.02. The minimum atomic E-state index is -2.98. The molecule has 3 saturated carbocycles. The van der Waals surface area contributed by atoms with Crippen molar-refractivity contribution in [2.45, 2.75) is 142 Å². The molecule has 0 heterocycles. The van der Waals surface area contributed by atoms with Crippen molar-refractivity contribution in [2.75, 3.05) is 0 Å². The van der Waals surface area contributed by atoms with Crippen LogP contribution >= 0.6 is 0 Å². The lowest BCUT2D eigenvalue weighted by Crippen LogP contribution is -2.39. The molecule has 4 heteroatoms. The van der Waals surface area contributed by atoms with Crippen molar-refractivity contribution in [2.24, 2.45) is 35.5 Å². The van der Waals surface area contributed by atoms with Gasteiger partial charge in [0.15, 0.2) is 5.78 Å². The van der Waals surface area contributed by atoms with E-state index in [1.807, 2.05) is 0 Å². The van der Waals surface area contributed by atoms with Crippen LogP contribution < -0.4 is 0 Å². The van der Waals surface area contributed by atoms with Crippen molar-refractivity contribution < 1.29 is 18.3 Å². The zero-order valence-corrected chi connectivity index (χ0v) is 25.9. The SMILES string of the molecule is Cc1cc(CC2CCC(OC(F)(F)C3CCC(CC4CCC(CC5C=CC(=O)CC5)CC4)CC3)CC2)cc(C)c1C. The van der Waals surface area contributed by atoms with E-state index in [4.69, 9.17) is 4.74 Å². The molecule has 0 amide bonds. The van der Waals surface area contributed by atoms with Crippen LogP contribution in [0.2, 0.25) is 0 Å². The average molecular weight is 569 g/mol. The number of ketones is 1. The number of halogens is 2. The van der Waals surface area contributed by atoms with Crippen LogP contribution in [0.1, 0.15) is 125 Å². The van der Waals surface area contributed by atoms with Crippen LogP contribution in [-0.4, -0.2) is 18.0 Å². The first-order valence-corrected chi connectivity index (χ1v) is 17.0. The number of ether oxygens (including phenoxy) is 1. The van der Waals surface area contributed by atoms with Gasteiger partial charge in [0, 0.05) is 6.42 Å². The van der Waals surface area contributed by atoms with Gasteiger partial charge in [0.2, 0.25) is 0 Å². The highest BCUT2D eigenvalue weighted by molar-refractivity contribution is 5.90. The molecule has 4 aliphatic carbocycles. The summed E-state index contributed by atoms with van der Waals surface area (Å²) >= 11 is 0. The highest BCUT2D eigenvalue weighted by Gasteiger charge is 2.45. The molecule has 3 fully saturated rings. The van der Waals surface area contributed by atoms with Crippen LogP contribution in [0.3, 0.4) is 0 Å². The van der Waals surface area contributed by atoms with Gasteiger partial charge in [-0.15, -0.1) is 0 Å². The van der Waals surface area contributed by atoms with Crippen LogP contribution in [0.25, 0.3) is 0 Å². The second-order valence-corrected chi connectivity index (χ2v) is 14.6. The number of hydrogen-bond donors (Lipinski definition) is 0. The summed E-state index contributed by atoms with van der Waals surface area (Å²) in [6.45, 7) is 6.54. The lowest BCUT2D eigenvalue weighted by Gasteiger charge is -2.38. The Hall–Kier alpha value is -1.55. The quantitative estimate of drug-likeness (QED) is 0.296. The van der Waals surface area contributed by atoms with Gasteiger partial charge in [0.05, 0.1) is 12.0 Å². The Morgan fingerprint density at radius 3 is 1.83 bits per heavy atom. The summed E-state index contributed by atoms with van der Waals surface area (Å²) in [6, 6.07) is 4.61. The van der Waals surface area contributed by atoms with Gasteiger partial charge in [0.25, 0.3) is 0 Å². The van der Waals surface area contributed by atoms with Gasteiger partial charge in [-0.05, 0) is 156 Å². The van der Waals surface area contributed by atoms with Crippen LogP contribution in [0.4, 0.5) is 8.78 Å². The van der Waals surface area contributed by atoms with E-state index in [1.54, 1.807) is 6.08 Å². The lowest BCUT2D eigenvalue weighted by atomic mass is 9.71. The minimum absolute atomic E-state index is 0.283. The molecule has 0 saturated heterocycles. The third-order valence-corrected chi connectivity index (χ3v) is 11.5. The molecule has 41 heavy (non-hydrogen) atoms. The van der Waals surface area contributed by atoms with Gasteiger partial charge in [-0.1, -0.05) is 43.9 Å². The van der Waals surface area contributed by atoms with Gasteiger partial charge in [-0.2, -0.15) is 8.78 Å². The van der Waals surface area contributed by atoms with Crippen molar-refractivity contribution in [3.8, 4) is 0 Å². The molecule has 1 aromatic carbocycles. The number of hydrogen-bond acceptors (Lipinski definition) is 2. The number of rotatable bonds is 9. The molecule has 0 radical (unpaired) electrons. The minimum Gasteiger partial charge on any atom is -0.317 e. The molecule has 1 atom stereocenters. The van der Waals surface area contributed by atoms with Gasteiger partial charge < -0.3 is 4.74 Å². The van der Waals surface area contributed by atoms with Crippen molar-refractivity contribution in [1.82, 2.24) is 0 Å². The standard InChI is InChI=1S/C37H54F2O2/c1-25-20-33(21-26(2)27(25)3)24-32-12-18-36(19-13-32)41-37(38,39)34-14-8-30(9-15-34)22-28-4-6-29(7-5-28)23-31-10-16-35(40)17-11-31/h10,16,20-21,28-32,34,36H,4-9,11-15,17-19,22-24H2,1-3H3. The summed E-state index contributed by atoms with van der Waals surface area (Å²) < 4.78 is 36.1. The Balaban J connectivity index is 0.985. The molecule has 2 nitrogen and oxygen atoms in total. The fraction of sp³-hybridized carbons (Fsp3) is 0.757. The van der Waals surface area contributed by atoms with Crippen molar-refractivity contribution in [3.63, 3.8) is 0 Å². The van der Waals surface area contributed by atoms with E-state index in [1.165, 1.54) is 60.8 Å². The molecule has 1 unspecified atom stereocenters. The van der Waals surface area contributed by atoms with E-state index in [2.05, 4.69) is 39.0 Å². The first-order valence-electron chi connectivity index (χ1n) is 17.0. The fourth-order valence-corrected chi connectivity index (χ4v) is 8.63. The normalized spacial score (nSPS) is 33.2. The largest absolute Gasteiger partial charge is 0.358 e. The highest BCUT2D eigenvalue weighted by Crippen LogP contribution is 2.45. The average Bonchev–Trinajstić information content (AvgIpc) is 2.95.